The fourth-order valence-corrected chi connectivity index (χ4v) is 4.43. The van der Waals surface area contributed by atoms with E-state index in [9.17, 15) is 4.79 Å². The van der Waals surface area contributed by atoms with Gasteiger partial charge in [0, 0.05) is 24.2 Å². The Morgan fingerprint density at radius 1 is 1.36 bits per heavy atom. The number of hydrogen-bond acceptors (Lipinski definition) is 7. The van der Waals surface area contributed by atoms with E-state index in [0.717, 1.165) is 31.2 Å². The average Bonchev–Trinajstić information content (AvgIpc) is 3.71. The number of nitrogens with zero attached hydrogens (tertiary/aromatic N) is 4. The van der Waals surface area contributed by atoms with Gasteiger partial charge in [-0.05, 0) is 69.2 Å². The van der Waals surface area contributed by atoms with Gasteiger partial charge in [-0.2, -0.15) is 14.6 Å². The highest BCUT2D eigenvalue weighted by molar-refractivity contribution is 5.69. The van der Waals surface area contributed by atoms with Gasteiger partial charge in [0.1, 0.15) is 11.9 Å². The van der Waals surface area contributed by atoms with Crippen LogP contribution in [0.5, 0.6) is 5.88 Å². The van der Waals surface area contributed by atoms with Crippen molar-refractivity contribution in [1.82, 2.24) is 14.9 Å². The molecule has 2 unspecified atom stereocenters. The van der Waals surface area contributed by atoms with Gasteiger partial charge in [-0.15, -0.1) is 0 Å². The molecule has 1 amide bonds. The van der Waals surface area contributed by atoms with E-state index in [2.05, 4.69) is 21.4 Å². The number of carbonyl (C=O) groups excluding carboxylic acids is 1. The summed E-state index contributed by atoms with van der Waals surface area (Å²) in [6.07, 6.45) is 4.63. The average molecular weight is 452 g/mol. The van der Waals surface area contributed by atoms with Crippen LogP contribution in [0.15, 0.2) is 24.5 Å². The summed E-state index contributed by atoms with van der Waals surface area (Å²) in [6.45, 7) is 5.41. The third kappa shape index (κ3) is 4.30. The Hall–Kier alpha value is -3.41. The van der Waals surface area contributed by atoms with Crippen molar-refractivity contribution >= 4 is 17.6 Å². The van der Waals surface area contributed by atoms with Gasteiger partial charge in [0.05, 0.1) is 18.2 Å². The van der Waals surface area contributed by atoms with Crippen LogP contribution in [0.25, 0.3) is 0 Å². The van der Waals surface area contributed by atoms with Gasteiger partial charge in [-0.25, -0.2) is 9.78 Å². The molecule has 1 aromatic carbocycles. The number of nitrogens with one attached hydrogen (secondary N) is 1. The zero-order valence-electron chi connectivity index (χ0n) is 18.7. The number of anilines is 2. The molecule has 172 valence electrons. The Balaban J connectivity index is 1.19. The smallest absolute Gasteiger partial charge is 0.410 e. The summed E-state index contributed by atoms with van der Waals surface area (Å²) in [5.41, 5.74) is 1.66. The van der Waals surface area contributed by atoms with Crippen molar-refractivity contribution in [2.75, 3.05) is 25.0 Å². The van der Waals surface area contributed by atoms with Gasteiger partial charge in [0.15, 0.2) is 5.82 Å². The summed E-state index contributed by atoms with van der Waals surface area (Å²) in [5, 5.41) is 12.0. The zero-order chi connectivity index (χ0) is 23.2. The molecule has 2 heterocycles. The predicted molar refractivity (Wildman–Crippen MR) is 118 cm³/mol. The molecular weight excluding hydrogens is 425 g/mol. The van der Waals surface area contributed by atoms with Crippen molar-refractivity contribution in [1.29, 1.82) is 5.26 Å². The minimum Gasteiger partial charge on any atom is -0.475 e. The molecule has 3 fully saturated rings. The Morgan fingerprint density at radius 3 is 2.88 bits per heavy atom. The van der Waals surface area contributed by atoms with Gasteiger partial charge < -0.3 is 19.7 Å². The molecule has 1 saturated heterocycles. The highest BCUT2D eigenvalue weighted by Crippen LogP contribution is 2.58. The van der Waals surface area contributed by atoms with Crippen LogP contribution in [-0.2, 0) is 4.74 Å². The van der Waals surface area contributed by atoms with Crippen LogP contribution in [0, 0.1) is 35.4 Å². The molecule has 1 aliphatic heterocycles. The van der Waals surface area contributed by atoms with Gasteiger partial charge in [-0.3, -0.25) is 0 Å². The molecule has 8 nitrogen and oxygen atoms in total. The van der Waals surface area contributed by atoms with Crippen molar-refractivity contribution < 1.29 is 18.7 Å². The summed E-state index contributed by atoms with van der Waals surface area (Å²) in [4.78, 5) is 22.1. The molecule has 2 atom stereocenters. The topological polar surface area (TPSA) is 100 Å². The maximum absolute atomic E-state index is 15.0. The van der Waals surface area contributed by atoms with Crippen LogP contribution < -0.4 is 10.1 Å². The Kier molecular flexibility index (Phi) is 5.11. The molecule has 1 aromatic heterocycles. The molecule has 0 radical (unpaired) electrons. The number of carbonyl (C=O) groups is 1. The number of fused-ring (bicyclic) bond motifs is 1. The van der Waals surface area contributed by atoms with Crippen LogP contribution in [0.4, 0.5) is 20.7 Å². The van der Waals surface area contributed by atoms with E-state index in [1.807, 2.05) is 13.8 Å². The van der Waals surface area contributed by atoms with E-state index in [1.165, 1.54) is 6.33 Å². The third-order valence-corrected chi connectivity index (χ3v) is 7.09. The van der Waals surface area contributed by atoms with E-state index >= 15 is 4.39 Å². The van der Waals surface area contributed by atoms with Crippen molar-refractivity contribution in [2.45, 2.75) is 45.1 Å². The van der Waals surface area contributed by atoms with E-state index in [1.54, 1.807) is 23.1 Å². The van der Waals surface area contributed by atoms with Gasteiger partial charge in [0.25, 0.3) is 5.88 Å². The Labute approximate surface area is 191 Å². The number of hydrogen-bond donors (Lipinski definition) is 1. The second-order valence-corrected chi connectivity index (χ2v) is 9.67. The molecule has 33 heavy (non-hydrogen) atoms. The number of likely N-dealkylation sites (tertiary alicyclic amines) is 1. The molecular formula is C24H26FN5O3. The van der Waals surface area contributed by atoms with E-state index in [4.69, 9.17) is 14.7 Å². The highest BCUT2D eigenvalue weighted by atomic mass is 19.1. The zero-order valence-corrected chi connectivity index (χ0v) is 18.7. The second kappa shape index (κ2) is 7.87. The van der Waals surface area contributed by atoms with Crippen LogP contribution >= 0.6 is 0 Å². The molecule has 0 spiro atoms. The largest absolute Gasteiger partial charge is 0.475 e. The van der Waals surface area contributed by atoms with E-state index < -0.39 is 5.82 Å². The first-order chi connectivity index (χ1) is 15.8. The SMILES string of the molecule is Cc1cc(C#N)ccc1Nc1ncnc(OCC23CCN(C(=O)OC4(C)CC4)CC2C3)c1F. The highest BCUT2D eigenvalue weighted by Gasteiger charge is 2.58. The van der Waals surface area contributed by atoms with Crippen molar-refractivity contribution in [3.8, 4) is 11.9 Å². The summed E-state index contributed by atoms with van der Waals surface area (Å²) in [7, 11) is 0. The number of rotatable bonds is 6. The summed E-state index contributed by atoms with van der Waals surface area (Å²) in [5.74, 6) is -0.408. The van der Waals surface area contributed by atoms with Crippen molar-refractivity contribution in [2.24, 2.45) is 11.3 Å². The first-order valence-electron chi connectivity index (χ1n) is 11.2. The minimum absolute atomic E-state index is 0.0174. The molecule has 0 bridgehead atoms. The maximum Gasteiger partial charge on any atom is 0.410 e. The number of ether oxygens (including phenoxy) is 2. The number of aromatic nitrogens is 2. The number of amides is 1. The lowest BCUT2D eigenvalue weighted by Gasteiger charge is -2.31. The first kappa shape index (κ1) is 21.4. The second-order valence-electron chi connectivity index (χ2n) is 9.67. The number of benzene rings is 1. The maximum atomic E-state index is 15.0. The lowest BCUT2D eigenvalue weighted by molar-refractivity contribution is 0.0438. The number of halogens is 1. The molecule has 2 saturated carbocycles. The molecule has 2 aromatic rings. The number of nitriles is 1. The lowest BCUT2D eigenvalue weighted by atomic mass is 9.96. The van der Waals surface area contributed by atoms with Crippen LogP contribution in [0.3, 0.4) is 0 Å². The van der Waals surface area contributed by atoms with Crippen molar-refractivity contribution in [3.05, 3.63) is 41.5 Å². The van der Waals surface area contributed by atoms with Gasteiger partial charge >= 0.3 is 6.09 Å². The first-order valence-corrected chi connectivity index (χ1v) is 11.2. The molecule has 9 heteroatoms. The van der Waals surface area contributed by atoms with Gasteiger partial charge in [0.2, 0.25) is 5.82 Å². The summed E-state index contributed by atoms with van der Waals surface area (Å²) < 4.78 is 26.4. The standard InChI is InChI=1S/C24H26FN5O3/c1-15-9-16(11-26)3-4-18(15)29-20-19(25)21(28-14-27-20)32-13-24-7-8-30(12-17(24)10-24)22(31)33-23(2)5-6-23/h3-4,9,14,17H,5-8,10,12-13H2,1-2H3,(H,27,28,29). The number of aryl methyl sites for hydroxylation is 1. The predicted octanol–water partition coefficient (Wildman–Crippen LogP) is 4.32. The Morgan fingerprint density at radius 2 is 2.18 bits per heavy atom. The monoisotopic (exact) mass is 451 g/mol. The summed E-state index contributed by atoms with van der Waals surface area (Å²) in [6, 6.07) is 7.17. The normalized spacial score (nSPS) is 24.3. The fraction of sp³-hybridized carbons (Fsp3) is 0.500. The van der Waals surface area contributed by atoms with Gasteiger partial charge in [-0.1, -0.05) is 0 Å². The Bertz CT molecular complexity index is 1150. The van der Waals surface area contributed by atoms with E-state index in [-0.39, 0.29) is 28.8 Å². The van der Waals surface area contributed by atoms with Crippen molar-refractivity contribution in [3.63, 3.8) is 0 Å². The van der Waals surface area contributed by atoms with Crippen LogP contribution in [0.1, 0.15) is 43.7 Å². The lowest BCUT2D eigenvalue weighted by Crippen LogP contribution is -2.42. The molecule has 1 N–H and O–H groups in total. The minimum atomic E-state index is -0.659. The molecule has 2 aliphatic carbocycles. The fourth-order valence-electron chi connectivity index (χ4n) is 4.43. The van der Waals surface area contributed by atoms with Crippen LogP contribution in [-0.4, -0.2) is 46.3 Å². The molecule has 5 rings (SSSR count). The summed E-state index contributed by atoms with van der Waals surface area (Å²) >= 11 is 0. The van der Waals surface area contributed by atoms with E-state index in [0.29, 0.717) is 36.9 Å². The number of piperidine rings is 1. The molecule has 3 aliphatic rings. The third-order valence-electron chi connectivity index (χ3n) is 7.09. The quantitative estimate of drug-likeness (QED) is 0.698. The van der Waals surface area contributed by atoms with Crippen LogP contribution in [0.2, 0.25) is 0 Å².